The minimum absolute atomic E-state index is 0.153. The molecule has 0 fully saturated rings. The zero-order valence-electron chi connectivity index (χ0n) is 5.98. The van der Waals surface area contributed by atoms with Gasteiger partial charge in [-0.3, -0.25) is 0 Å². The van der Waals surface area contributed by atoms with Crippen LogP contribution >= 0.6 is 0 Å². The lowest BCUT2D eigenvalue weighted by Gasteiger charge is -1.83. The number of nitrogens with zero attached hydrogens (tertiary/aromatic N) is 2. The molecule has 0 radical (unpaired) electrons. The fourth-order valence-electron chi connectivity index (χ4n) is 1.00. The molecule has 2 aromatic rings. The molecule has 0 aliphatic rings. The smallest absolute Gasteiger partial charge is 0.352 e. The summed E-state index contributed by atoms with van der Waals surface area (Å²) in [4.78, 5) is 13.2. The number of aromatic nitrogens is 3. The van der Waals surface area contributed by atoms with Crippen molar-refractivity contribution in [2.24, 2.45) is 0 Å². The minimum atomic E-state index is -0.980. The summed E-state index contributed by atoms with van der Waals surface area (Å²) in [6, 6.07) is 1.52. The van der Waals surface area contributed by atoms with Gasteiger partial charge < -0.3 is 10.1 Å². The molecule has 0 aliphatic heterocycles. The molecule has 0 bridgehead atoms. The van der Waals surface area contributed by atoms with Crippen molar-refractivity contribution in [3.63, 3.8) is 0 Å². The molecule has 0 spiro atoms. The molecule has 12 heavy (non-hydrogen) atoms. The van der Waals surface area contributed by atoms with Gasteiger partial charge in [0.1, 0.15) is 5.69 Å². The fraction of sp³-hybridized carbons (Fsp3) is 0. The van der Waals surface area contributed by atoms with E-state index >= 15 is 0 Å². The van der Waals surface area contributed by atoms with Crippen molar-refractivity contribution in [1.29, 1.82) is 0 Å². The Morgan fingerprint density at radius 2 is 2.17 bits per heavy atom. The number of carboxylic acid groups (broad SMARTS) is 1. The monoisotopic (exact) mass is 163 g/mol. The van der Waals surface area contributed by atoms with Gasteiger partial charge in [0.05, 0.1) is 17.9 Å². The summed E-state index contributed by atoms with van der Waals surface area (Å²) in [6.45, 7) is 0. The van der Waals surface area contributed by atoms with Crippen molar-refractivity contribution < 1.29 is 9.90 Å². The molecule has 0 amide bonds. The standard InChI is InChI=1S/C7H5N3O2/c11-7(12)5-1-4-2-8-9-3-6(4)10-5/h1-3,10H,(H,11,12). The fourth-order valence-corrected chi connectivity index (χ4v) is 1.00. The summed E-state index contributed by atoms with van der Waals surface area (Å²) < 4.78 is 0. The molecule has 5 heteroatoms. The van der Waals surface area contributed by atoms with E-state index < -0.39 is 5.97 Å². The third-order valence-electron chi connectivity index (χ3n) is 1.56. The molecule has 0 saturated heterocycles. The van der Waals surface area contributed by atoms with Crippen LogP contribution in [-0.2, 0) is 0 Å². The Morgan fingerprint density at radius 1 is 1.42 bits per heavy atom. The topological polar surface area (TPSA) is 78.9 Å². The molecule has 60 valence electrons. The number of hydrogen-bond acceptors (Lipinski definition) is 3. The maximum Gasteiger partial charge on any atom is 0.352 e. The van der Waals surface area contributed by atoms with Crippen molar-refractivity contribution in [1.82, 2.24) is 15.2 Å². The lowest BCUT2D eigenvalue weighted by molar-refractivity contribution is 0.0691. The summed E-state index contributed by atoms with van der Waals surface area (Å²) in [5, 5.41) is 16.6. The Bertz CT molecular complexity index is 402. The van der Waals surface area contributed by atoms with Crippen molar-refractivity contribution >= 4 is 16.9 Å². The average Bonchev–Trinajstić information content (AvgIpc) is 2.46. The van der Waals surface area contributed by atoms with E-state index in [0.29, 0.717) is 5.52 Å². The predicted octanol–water partition coefficient (Wildman–Crippen LogP) is 0.656. The molecule has 2 N–H and O–H groups in total. The van der Waals surface area contributed by atoms with Crippen molar-refractivity contribution in [2.45, 2.75) is 0 Å². The van der Waals surface area contributed by atoms with Crippen LogP contribution < -0.4 is 0 Å². The van der Waals surface area contributed by atoms with Gasteiger partial charge in [-0.2, -0.15) is 10.2 Å². The van der Waals surface area contributed by atoms with Crippen LogP contribution in [0.3, 0.4) is 0 Å². The van der Waals surface area contributed by atoms with Crippen LogP contribution in [0.15, 0.2) is 18.5 Å². The molecule has 2 heterocycles. The van der Waals surface area contributed by atoms with Crippen LogP contribution in [0.1, 0.15) is 10.5 Å². The normalized spacial score (nSPS) is 10.3. The maximum absolute atomic E-state index is 10.5. The van der Waals surface area contributed by atoms with Crippen molar-refractivity contribution in [3.05, 3.63) is 24.2 Å². The highest BCUT2D eigenvalue weighted by Gasteiger charge is 2.06. The summed E-state index contributed by atoms with van der Waals surface area (Å²) in [5.74, 6) is -0.980. The Balaban J connectivity index is 2.70. The lowest BCUT2D eigenvalue weighted by atomic mass is 10.3. The van der Waals surface area contributed by atoms with Crippen LogP contribution in [0.5, 0.6) is 0 Å². The number of nitrogens with one attached hydrogen (secondary N) is 1. The molecule has 0 aliphatic carbocycles. The Morgan fingerprint density at radius 3 is 2.83 bits per heavy atom. The van der Waals surface area contributed by atoms with Gasteiger partial charge >= 0.3 is 5.97 Å². The Hall–Kier alpha value is -1.91. The van der Waals surface area contributed by atoms with E-state index in [4.69, 9.17) is 5.11 Å². The molecule has 2 aromatic heterocycles. The molecule has 5 nitrogen and oxygen atoms in total. The molecular formula is C7H5N3O2. The number of H-pyrrole nitrogens is 1. The van der Waals surface area contributed by atoms with E-state index in [-0.39, 0.29) is 5.69 Å². The van der Waals surface area contributed by atoms with Crippen molar-refractivity contribution in [2.75, 3.05) is 0 Å². The van der Waals surface area contributed by atoms with Gasteiger partial charge in [0, 0.05) is 5.39 Å². The van der Waals surface area contributed by atoms with Crippen LogP contribution in [0, 0.1) is 0 Å². The van der Waals surface area contributed by atoms with E-state index in [0.717, 1.165) is 5.39 Å². The van der Waals surface area contributed by atoms with E-state index in [1.807, 2.05) is 0 Å². The molecule has 0 saturated carbocycles. The van der Waals surface area contributed by atoms with Gasteiger partial charge in [-0.1, -0.05) is 0 Å². The zero-order chi connectivity index (χ0) is 8.55. The van der Waals surface area contributed by atoms with Gasteiger partial charge in [0.25, 0.3) is 0 Å². The van der Waals surface area contributed by atoms with E-state index in [1.54, 1.807) is 0 Å². The summed E-state index contributed by atoms with van der Waals surface area (Å²) >= 11 is 0. The first-order valence-electron chi connectivity index (χ1n) is 3.30. The van der Waals surface area contributed by atoms with Gasteiger partial charge in [-0.05, 0) is 6.07 Å². The maximum atomic E-state index is 10.5. The number of rotatable bonds is 1. The number of fused-ring (bicyclic) bond motifs is 1. The van der Waals surface area contributed by atoms with Gasteiger partial charge in [0.2, 0.25) is 0 Å². The highest BCUT2D eigenvalue weighted by atomic mass is 16.4. The highest BCUT2D eigenvalue weighted by Crippen LogP contribution is 2.11. The van der Waals surface area contributed by atoms with E-state index in [9.17, 15) is 4.79 Å². The van der Waals surface area contributed by atoms with E-state index in [1.165, 1.54) is 18.5 Å². The third-order valence-corrected chi connectivity index (χ3v) is 1.56. The second-order valence-corrected chi connectivity index (χ2v) is 2.35. The van der Waals surface area contributed by atoms with Gasteiger partial charge in [0.15, 0.2) is 0 Å². The summed E-state index contributed by atoms with van der Waals surface area (Å²) in [5.41, 5.74) is 0.835. The number of carbonyl (C=O) groups is 1. The second-order valence-electron chi connectivity index (χ2n) is 2.35. The van der Waals surface area contributed by atoms with Crippen molar-refractivity contribution in [3.8, 4) is 0 Å². The molecule has 0 aromatic carbocycles. The largest absolute Gasteiger partial charge is 0.477 e. The van der Waals surface area contributed by atoms with Crippen LogP contribution in [0.2, 0.25) is 0 Å². The molecule has 0 unspecified atom stereocenters. The number of aromatic carboxylic acids is 1. The van der Waals surface area contributed by atoms with Gasteiger partial charge in [-0.25, -0.2) is 4.79 Å². The molecule has 2 rings (SSSR count). The van der Waals surface area contributed by atoms with Gasteiger partial charge in [-0.15, -0.1) is 0 Å². The zero-order valence-corrected chi connectivity index (χ0v) is 5.98. The predicted molar refractivity (Wildman–Crippen MR) is 40.8 cm³/mol. The summed E-state index contributed by atoms with van der Waals surface area (Å²) in [6.07, 6.45) is 3.00. The van der Waals surface area contributed by atoms with Crippen LogP contribution in [0.25, 0.3) is 10.9 Å². The first-order chi connectivity index (χ1) is 5.77. The minimum Gasteiger partial charge on any atom is -0.477 e. The second kappa shape index (κ2) is 2.30. The number of carboxylic acids is 1. The number of aromatic amines is 1. The quantitative estimate of drug-likeness (QED) is 0.647. The van der Waals surface area contributed by atoms with Crippen LogP contribution in [-0.4, -0.2) is 26.3 Å². The molecular weight excluding hydrogens is 158 g/mol. The highest BCUT2D eigenvalue weighted by molar-refractivity contribution is 5.93. The first-order valence-corrected chi connectivity index (χ1v) is 3.30. The SMILES string of the molecule is O=C(O)c1cc2cnncc2[nH]1. The third kappa shape index (κ3) is 0.914. The Labute approximate surface area is 67.1 Å². The average molecular weight is 163 g/mol. The first kappa shape index (κ1) is 6.78. The molecule has 0 atom stereocenters. The van der Waals surface area contributed by atoms with E-state index in [2.05, 4.69) is 15.2 Å². The Kier molecular flexibility index (Phi) is 1.30. The lowest BCUT2D eigenvalue weighted by Crippen LogP contribution is -1.94. The number of hydrogen-bond donors (Lipinski definition) is 2. The van der Waals surface area contributed by atoms with Crippen LogP contribution in [0.4, 0.5) is 0 Å². The summed E-state index contributed by atoms with van der Waals surface area (Å²) in [7, 11) is 0.